The minimum atomic E-state index is -1.09. The lowest BCUT2D eigenvalue weighted by molar-refractivity contribution is 0.0698. The molecule has 100 valence electrons. The molecule has 5 heteroatoms. The van der Waals surface area contributed by atoms with Crippen LogP contribution >= 0.6 is 11.6 Å². The summed E-state index contributed by atoms with van der Waals surface area (Å²) in [5, 5.41) is 13.3. The molecule has 2 aromatic rings. The standard InChI is InChI=1S/C14H15ClN2O2/c1-14(2,3)17-12-10(13(18)19)11(15)8-6-4-5-7-9(8)16-12/h4-7H,1-3H3,(H,16,17)(H,18,19). The molecule has 0 fully saturated rings. The summed E-state index contributed by atoms with van der Waals surface area (Å²) in [6.45, 7) is 5.80. The van der Waals surface area contributed by atoms with Gasteiger partial charge in [-0.1, -0.05) is 29.8 Å². The summed E-state index contributed by atoms with van der Waals surface area (Å²) in [5.74, 6) is -0.793. The molecule has 0 radical (unpaired) electrons. The molecule has 2 rings (SSSR count). The molecule has 1 heterocycles. The zero-order valence-electron chi connectivity index (χ0n) is 11.0. The number of carbonyl (C=O) groups is 1. The molecule has 0 unspecified atom stereocenters. The predicted octanol–water partition coefficient (Wildman–Crippen LogP) is 3.80. The molecule has 0 atom stereocenters. The van der Waals surface area contributed by atoms with Crippen molar-refractivity contribution < 1.29 is 9.90 Å². The second-order valence-electron chi connectivity index (χ2n) is 5.35. The summed E-state index contributed by atoms with van der Waals surface area (Å²) >= 11 is 6.21. The molecule has 4 nitrogen and oxygen atoms in total. The summed E-state index contributed by atoms with van der Waals surface area (Å²) in [6, 6.07) is 7.21. The number of pyridine rings is 1. The number of para-hydroxylation sites is 1. The molecule has 0 aliphatic heterocycles. The van der Waals surface area contributed by atoms with Crippen molar-refractivity contribution in [2.24, 2.45) is 0 Å². The van der Waals surface area contributed by atoms with Crippen LogP contribution in [-0.2, 0) is 0 Å². The van der Waals surface area contributed by atoms with Gasteiger partial charge < -0.3 is 10.4 Å². The quantitative estimate of drug-likeness (QED) is 0.877. The number of carboxylic acids is 1. The van der Waals surface area contributed by atoms with Crippen LogP contribution in [0.1, 0.15) is 31.1 Å². The van der Waals surface area contributed by atoms with Crippen LogP contribution < -0.4 is 5.32 Å². The summed E-state index contributed by atoms with van der Waals surface area (Å²) in [6.07, 6.45) is 0. The largest absolute Gasteiger partial charge is 0.478 e. The zero-order chi connectivity index (χ0) is 14.2. The van der Waals surface area contributed by atoms with E-state index in [4.69, 9.17) is 11.6 Å². The van der Waals surface area contributed by atoms with Crippen molar-refractivity contribution in [1.82, 2.24) is 4.98 Å². The van der Waals surface area contributed by atoms with Gasteiger partial charge >= 0.3 is 5.97 Å². The highest BCUT2D eigenvalue weighted by atomic mass is 35.5. The van der Waals surface area contributed by atoms with Gasteiger partial charge in [0.15, 0.2) is 0 Å². The number of hydrogen-bond donors (Lipinski definition) is 2. The fraction of sp³-hybridized carbons (Fsp3) is 0.286. The van der Waals surface area contributed by atoms with Crippen molar-refractivity contribution in [3.8, 4) is 0 Å². The van der Waals surface area contributed by atoms with Crippen LogP contribution in [-0.4, -0.2) is 21.6 Å². The van der Waals surface area contributed by atoms with Crippen LogP contribution in [0.5, 0.6) is 0 Å². The molecule has 0 aliphatic carbocycles. The topological polar surface area (TPSA) is 62.2 Å². The van der Waals surface area contributed by atoms with E-state index in [1.54, 1.807) is 18.2 Å². The first-order chi connectivity index (χ1) is 8.79. The number of fused-ring (bicyclic) bond motifs is 1. The molecule has 0 amide bonds. The number of benzene rings is 1. The summed E-state index contributed by atoms with van der Waals surface area (Å²) in [4.78, 5) is 15.8. The van der Waals surface area contributed by atoms with Crippen LogP contribution in [0.25, 0.3) is 10.9 Å². The van der Waals surface area contributed by atoms with Crippen molar-refractivity contribution in [2.75, 3.05) is 5.32 Å². The van der Waals surface area contributed by atoms with Gasteiger partial charge in [0, 0.05) is 10.9 Å². The Kier molecular flexibility index (Phi) is 3.37. The molecule has 1 aromatic heterocycles. The number of nitrogens with zero attached hydrogens (tertiary/aromatic N) is 1. The number of anilines is 1. The molecule has 0 bridgehead atoms. The predicted molar refractivity (Wildman–Crippen MR) is 77.1 cm³/mol. The zero-order valence-corrected chi connectivity index (χ0v) is 11.7. The van der Waals surface area contributed by atoms with Crippen molar-refractivity contribution in [3.63, 3.8) is 0 Å². The van der Waals surface area contributed by atoms with E-state index in [2.05, 4.69) is 10.3 Å². The highest BCUT2D eigenvalue weighted by Crippen LogP contribution is 2.32. The van der Waals surface area contributed by atoms with Crippen molar-refractivity contribution in [1.29, 1.82) is 0 Å². The number of hydrogen-bond acceptors (Lipinski definition) is 3. The first-order valence-corrected chi connectivity index (χ1v) is 6.27. The molecule has 0 aliphatic rings. The highest BCUT2D eigenvalue weighted by Gasteiger charge is 2.22. The molecule has 1 aromatic carbocycles. The minimum Gasteiger partial charge on any atom is -0.478 e. The Balaban J connectivity index is 2.74. The Morgan fingerprint density at radius 1 is 1.32 bits per heavy atom. The van der Waals surface area contributed by atoms with E-state index in [1.165, 1.54) is 0 Å². The Morgan fingerprint density at radius 3 is 2.53 bits per heavy atom. The van der Waals surface area contributed by atoms with Gasteiger partial charge in [-0.05, 0) is 26.8 Å². The molecule has 19 heavy (non-hydrogen) atoms. The van der Waals surface area contributed by atoms with Gasteiger partial charge in [-0.2, -0.15) is 0 Å². The lowest BCUT2D eigenvalue weighted by Gasteiger charge is -2.23. The fourth-order valence-electron chi connectivity index (χ4n) is 1.81. The molecule has 0 saturated heterocycles. The van der Waals surface area contributed by atoms with Gasteiger partial charge in [0.05, 0.1) is 10.5 Å². The van der Waals surface area contributed by atoms with Gasteiger partial charge in [0.2, 0.25) is 0 Å². The van der Waals surface area contributed by atoms with E-state index < -0.39 is 5.97 Å². The Bertz CT molecular complexity index is 648. The third kappa shape index (κ3) is 2.79. The normalized spacial score (nSPS) is 11.6. The van der Waals surface area contributed by atoms with Crippen molar-refractivity contribution in [2.45, 2.75) is 26.3 Å². The Hall–Kier alpha value is -1.81. The maximum atomic E-state index is 11.4. The summed E-state index contributed by atoms with van der Waals surface area (Å²) in [5.41, 5.74) is 0.378. The molecule has 0 saturated carbocycles. The van der Waals surface area contributed by atoms with E-state index in [0.717, 1.165) is 0 Å². The number of carboxylic acid groups (broad SMARTS) is 1. The Labute approximate surface area is 116 Å². The molecule has 0 spiro atoms. The fourth-order valence-corrected chi connectivity index (χ4v) is 2.14. The summed E-state index contributed by atoms with van der Waals surface area (Å²) < 4.78 is 0. The van der Waals surface area contributed by atoms with Gasteiger partial charge in [-0.25, -0.2) is 9.78 Å². The van der Waals surface area contributed by atoms with Crippen molar-refractivity contribution in [3.05, 3.63) is 34.9 Å². The van der Waals surface area contributed by atoms with Gasteiger partial charge in [0.1, 0.15) is 11.4 Å². The van der Waals surface area contributed by atoms with Crippen LogP contribution in [0.3, 0.4) is 0 Å². The van der Waals surface area contributed by atoms with Gasteiger partial charge in [0.25, 0.3) is 0 Å². The van der Waals surface area contributed by atoms with Crippen molar-refractivity contribution >= 4 is 34.3 Å². The van der Waals surface area contributed by atoms with Gasteiger partial charge in [-0.3, -0.25) is 0 Å². The van der Waals surface area contributed by atoms with E-state index in [1.807, 2.05) is 26.8 Å². The number of halogens is 1. The first-order valence-electron chi connectivity index (χ1n) is 5.89. The van der Waals surface area contributed by atoms with Crippen LogP contribution in [0, 0.1) is 0 Å². The first kappa shape index (κ1) is 13.6. The minimum absolute atomic E-state index is 0.00953. The maximum Gasteiger partial charge on any atom is 0.341 e. The number of nitrogens with one attached hydrogen (secondary N) is 1. The maximum absolute atomic E-state index is 11.4. The smallest absolute Gasteiger partial charge is 0.341 e. The van der Waals surface area contributed by atoms with Crippen LogP contribution in [0.2, 0.25) is 5.02 Å². The average molecular weight is 279 g/mol. The van der Waals surface area contributed by atoms with E-state index in [9.17, 15) is 9.90 Å². The SMILES string of the molecule is CC(C)(C)Nc1nc2ccccc2c(Cl)c1C(=O)O. The lowest BCUT2D eigenvalue weighted by atomic mass is 10.1. The molecule has 2 N–H and O–H groups in total. The van der Waals surface area contributed by atoms with Crippen LogP contribution in [0.15, 0.2) is 24.3 Å². The van der Waals surface area contributed by atoms with Crippen LogP contribution in [0.4, 0.5) is 5.82 Å². The highest BCUT2D eigenvalue weighted by molar-refractivity contribution is 6.38. The number of aromatic carboxylic acids is 1. The second-order valence-corrected chi connectivity index (χ2v) is 5.72. The van der Waals surface area contributed by atoms with E-state index >= 15 is 0 Å². The average Bonchev–Trinajstić information content (AvgIpc) is 2.26. The number of rotatable bonds is 2. The number of aromatic nitrogens is 1. The monoisotopic (exact) mass is 278 g/mol. The Morgan fingerprint density at radius 2 is 1.95 bits per heavy atom. The van der Waals surface area contributed by atoms with E-state index in [0.29, 0.717) is 16.7 Å². The van der Waals surface area contributed by atoms with E-state index in [-0.39, 0.29) is 16.1 Å². The third-order valence-electron chi connectivity index (χ3n) is 2.54. The third-order valence-corrected chi connectivity index (χ3v) is 2.93. The molecular weight excluding hydrogens is 264 g/mol. The summed E-state index contributed by atoms with van der Waals surface area (Å²) in [7, 11) is 0. The molecular formula is C14H15ClN2O2. The van der Waals surface area contributed by atoms with Gasteiger partial charge in [-0.15, -0.1) is 0 Å². The second kappa shape index (κ2) is 4.70. The lowest BCUT2D eigenvalue weighted by Crippen LogP contribution is -2.28.